The predicted octanol–water partition coefficient (Wildman–Crippen LogP) is -0.767. The maximum atomic E-state index is 11.8. The summed E-state index contributed by atoms with van der Waals surface area (Å²) in [6.45, 7) is 1.97. The molecule has 102 valence electrons. The molecule has 1 atom stereocenters. The van der Waals surface area contributed by atoms with Gasteiger partial charge in [0.2, 0.25) is 0 Å². The summed E-state index contributed by atoms with van der Waals surface area (Å²) in [6, 6.07) is 0. The van der Waals surface area contributed by atoms with Crippen molar-refractivity contribution in [2.24, 2.45) is 5.73 Å². The number of imidazole rings is 1. The zero-order valence-corrected chi connectivity index (χ0v) is 10.8. The summed E-state index contributed by atoms with van der Waals surface area (Å²) in [4.78, 5) is 15.8. The van der Waals surface area contributed by atoms with Gasteiger partial charge < -0.3 is 25.1 Å². The molecule has 1 amide bonds. The van der Waals surface area contributed by atoms with Gasteiger partial charge >= 0.3 is 0 Å². The van der Waals surface area contributed by atoms with Crippen molar-refractivity contribution in [2.75, 3.05) is 33.9 Å². The van der Waals surface area contributed by atoms with E-state index in [1.165, 1.54) is 0 Å². The number of ether oxygens (including phenoxy) is 2. The van der Waals surface area contributed by atoms with Crippen LogP contribution in [0.2, 0.25) is 0 Å². The van der Waals surface area contributed by atoms with Gasteiger partial charge in [-0.05, 0) is 0 Å². The summed E-state index contributed by atoms with van der Waals surface area (Å²) < 4.78 is 11.9. The quantitative estimate of drug-likeness (QED) is 0.637. The molecule has 1 unspecified atom stereocenters. The van der Waals surface area contributed by atoms with E-state index in [0.29, 0.717) is 31.9 Å². The number of amides is 1. The molecular formula is C11H20N4O3. The van der Waals surface area contributed by atoms with Crippen LogP contribution in [0.4, 0.5) is 0 Å². The first-order chi connectivity index (χ1) is 8.71. The molecule has 0 radical (unpaired) electrons. The molecule has 0 fully saturated rings. The largest absolute Gasteiger partial charge is 0.382 e. The van der Waals surface area contributed by atoms with Crippen molar-refractivity contribution in [2.45, 2.75) is 12.6 Å². The smallest absolute Gasteiger partial charge is 0.271 e. The second-order valence-corrected chi connectivity index (χ2v) is 3.81. The molecule has 0 aliphatic heterocycles. The van der Waals surface area contributed by atoms with E-state index < -0.39 is 0 Å². The summed E-state index contributed by atoms with van der Waals surface area (Å²) in [6.07, 6.45) is 3.09. The Balaban J connectivity index is 2.43. The van der Waals surface area contributed by atoms with Crippen molar-refractivity contribution in [1.29, 1.82) is 0 Å². The molecule has 1 aromatic rings. The lowest BCUT2D eigenvalue weighted by atomic mass is 10.3. The minimum Gasteiger partial charge on any atom is -0.382 e. The first-order valence-electron chi connectivity index (χ1n) is 5.73. The molecule has 3 N–H and O–H groups in total. The van der Waals surface area contributed by atoms with Crippen LogP contribution in [0.1, 0.15) is 10.5 Å². The van der Waals surface area contributed by atoms with Gasteiger partial charge in [0, 0.05) is 40.1 Å². The monoisotopic (exact) mass is 256 g/mol. The van der Waals surface area contributed by atoms with Crippen LogP contribution < -0.4 is 11.1 Å². The first kappa shape index (κ1) is 14.6. The highest BCUT2D eigenvalue weighted by molar-refractivity contribution is 5.92. The minimum absolute atomic E-state index is 0.162. The molecule has 0 aromatic carbocycles. The second-order valence-electron chi connectivity index (χ2n) is 3.81. The van der Waals surface area contributed by atoms with E-state index in [1.54, 1.807) is 31.3 Å². The standard InChI is InChI=1S/C11H20N4O3/c1-17-7-9(18-2)5-13-11(16)10-6-15(4-3-12)8-14-10/h6,8-9H,3-5,7,12H2,1-2H3,(H,13,16). The van der Waals surface area contributed by atoms with Gasteiger partial charge in [-0.25, -0.2) is 4.98 Å². The maximum Gasteiger partial charge on any atom is 0.271 e. The molecular weight excluding hydrogens is 236 g/mol. The van der Waals surface area contributed by atoms with Gasteiger partial charge in [-0.1, -0.05) is 0 Å². The third-order valence-electron chi connectivity index (χ3n) is 2.43. The SMILES string of the molecule is COCC(CNC(=O)c1cn(CCN)cn1)OC. The maximum absolute atomic E-state index is 11.8. The van der Waals surface area contributed by atoms with Crippen LogP contribution >= 0.6 is 0 Å². The van der Waals surface area contributed by atoms with Gasteiger partial charge in [0.05, 0.1) is 19.0 Å². The van der Waals surface area contributed by atoms with E-state index in [9.17, 15) is 4.79 Å². The fourth-order valence-electron chi connectivity index (χ4n) is 1.44. The molecule has 0 aliphatic rings. The van der Waals surface area contributed by atoms with Gasteiger partial charge in [-0.2, -0.15) is 0 Å². The Kier molecular flexibility index (Phi) is 6.34. The molecule has 1 heterocycles. The Bertz CT molecular complexity index is 367. The summed E-state index contributed by atoms with van der Waals surface area (Å²) in [5, 5.41) is 2.74. The van der Waals surface area contributed by atoms with E-state index in [0.717, 1.165) is 0 Å². The average molecular weight is 256 g/mol. The van der Waals surface area contributed by atoms with Gasteiger partial charge in [-0.3, -0.25) is 4.79 Å². The van der Waals surface area contributed by atoms with E-state index >= 15 is 0 Å². The van der Waals surface area contributed by atoms with Gasteiger partial charge in [-0.15, -0.1) is 0 Å². The molecule has 1 aromatic heterocycles. The van der Waals surface area contributed by atoms with Crippen LogP contribution in [-0.2, 0) is 16.0 Å². The Morgan fingerprint density at radius 3 is 3.00 bits per heavy atom. The molecule has 0 spiro atoms. The molecule has 0 bridgehead atoms. The number of carbonyl (C=O) groups excluding carboxylic acids is 1. The van der Waals surface area contributed by atoms with E-state index in [2.05, 4.69) is 10.3 Å². The van der Waals surface area contributed by atoms with E-state index in [1.807, 2.05) is 0 Å². The van der Waals surface area contributed by atoms with Crippen LogP contribution in [0, 0.1) is 0 Å². The molecule has 0 saturated carbocycles. The number of nitrogens with one attached hydrogen (secondary N) is 1. The third kappa shape index (κ3) is 4.44. The lowest BCUT2D eigenvalue weighted by Gasteiger charge is -2.14. The zero-order chi connectivity index (χ0) is 13.4. The van der Waals surface area contributed by atoms with Crippen molar-refractivity contribution in [3.63, 3.8) is 0 Å². The predicted molar refractivity (Wildman–Crippen MR) is 66.3 cm³/mol. The number of nitrogens with zero attached hydrogens (tertiary/aromatic N) is 2. The molecule has 1 rings (SSSR count). The Morgan fingerprint density at radius 2 is 2.39 bits per heavy atom. The van der Waals surface area contributed by atoms with Crippen molar-refractivity contribution in [3.05, 3.63) is 18.2 Å². The average Bonchev–Trinajstić information content (AvgIpc) is 2.83. The number of hydrogen-bond donors (Lipinski definition) is 2. The highest BCUT2D eigenvalue weighted by Gasteiger charge is 2.12. The first-order valence-corrected chi connectivity index (χ1v) is 5.73. The van der Waals surface area contributed by atoms with Crippen LogP contribution in [0.5, 0.6) is 0 Å². The van der Waals surface area contributed by atoms with E-state index in [4.69, 9.17) is 15.2 Å². The number of aromatic nitrogens is 2. The second kappa shape index (κ2) is 7.80. The number of nitrogens with two attached hydrogens (primary N) is 1. The van der Waals surface area contributed by atoms with Gasteiger partial charge in [0.25, 0.3) is 5.91 Å². The van der Waals surface area contributed by atoms with Crippen LogP contribution in [-0.4, -0.2) is 55.5 Å². The molecule has 7 nitrogen and oxygen atoms in total. The Morgan fingerprint density at radius 1 is 1.61 bits per heavy atom. The van der Waals surface area contributed by atoms with Gasteiger partial charge in [0.1, 0.15) is 5.69 Å². The third-order valence-corrected chi connectivity index (χ3v) is 2.43. The van der Waals surface area contributed by atoms with E-state index in [-0.39, 0.29) is 12.0 Å². The number of methoxy groups -OCH3 is 2. The van der Waals surface area contributed by atoms with Gasteiger partial charge in [0.15, 0.2) is 0 Å². The lowest BCUT2D eigenvalue weighted by Crippen LogP contribution is -2.35. The van der Waals surface area contributed by atoms with Crippen molar-refractivity contribution < 1.29 is 14.3 Å². The number of rotatable bonds is 8. The Labute approximate surface area is 106 Å². The van der Waals surface area contributed by atoms with Crippen LogP contribution in [0.15, 0.2) is 12.5 Å². The van der Waals surface area contributed by atoms with Crippen molar-refractivity contribution >= 4 is 5.91 Å². The normalized spacial score (nSPS) is 12.4. The van der Waals surface area contributed by atoms with Crippen LogP contribution in [0.25, 0.3) is 0 Å². The summed E-state index contributed by atoms with van der Waals surface area (Å²) in [5.74, 6) is -0.232. The topological polar surface area (TPSA) is 91.4 Å². The summed E-state index contributed by atoms with van der Waals surface area (Å²) in [7, 11) is 3.16. The zero-order valence-electron chi connectivity index (χ0n) is 10.8. The van der Waals surface area contributed by atoms with Crippen molar-refractivity contribution in [3.8, 4) is 0 Å². The number of hydrogen-bond acceptors (Lipinski definition) is 5. The highest BCUT2D eigenvalue weighted by atomic mass is 16.5. The molecule has 18 heavy (non-hydrogen) atoms. The Hall–Kier alpha value is -1.44. The van der Waals surface area contributed by atoms with Crippen molar-refractivity contribution in [1.82, 2.24) is 14.9 Å². The minimum atomic E-state index is -0.232. The fourth-order valence-corrected chi connectivity index (χ4v) is 1.44. The molecule has 0 saturated heterocycles. The highest BCUT2D eigenvalue weighted by Crippen LogP contribution is 1.97. The number of carbonyl (C=O) groups is 1. The molecule has 7 heteroatoms. The molecule has 0 aliphatic carbocycles. The fraction of sp³-hybridized carbons (Fsp3) is 0.636. The van der Waals surface area contributed by atoms with Crippen LogP contribution in [0.3, 0.4) is 0 Å². The summed E-state index contributed by atoms with van der Waals surface area (Å²) >= 11 is 0. The summed E-state index contributed by atoms with van der Waals surface area (Å²) in [5.41, 5.74) is 5.79. The lowest BCUT2D eigenvalue weighted by molar-refractivity contribution is 0.0285.